The van der Waals surface area contributed by atoms with Crippen molar-refractivity contribution >= 4 is 99.5 Å². The summed E-state index contributed by atoms with van der Waals surface area (Å²) in [5, 5.41) is 49.4. The zero-order valence-electron chi connectivity index (χ0n) is 75.7. The number of benzene rings is 3. The van der Waals surface area contributed by atoms with Crippen LogP contribution in [0.15, 0.2) is 76.0 Å². The molecule has 1 saturated heterocycles. The standard InChI is InChI=1S/C89H131N13O21/c1-25-27-28-52(15)77(108)76-82(113)93-62(26-2)83(114)96(18)43-72(107)97(19)65(35-46(3)4)81(112)95-74(50(11)12)87(118)98(20)66(36-47(5)6)80(111)91-53(16)78(109)94-64(84(115)99(21)67(37-48(7)8)85(116)100(22)68(38-49(9)10)86(117)101(23)75(51(13)14)88(119)102(76)24)44-122-45-71(106)92-63(54(17)103)42-90-79(110)55-29-32-58(61(39-55)89(120)121)73-59-33-30-56(104)40-69(59)123-70-41-57(105)31-34-60(70)73/h25,27,29-34,39-41,46-53,62-68,74-77,104,108H,26,28,35-38,42-45H2,1-24H3,(H,90,110)(H,91,111)(H,92,106)(H,93,113)(H,94,109)(H,95,112)(H,120,121)/t52-,53+,62+,63+,64-,65+,66+,67+,68+,74+,75+,76?,77-/m1/s1. The normalized spacial score (nSPS) is 22.4. The summed E-state index contributed by atoms with van der Waals surface area (Å²) in [5.41, 5.74) is -0.0510. The van der Waals surface area contributed by atoms with Gasteiger partial charge in [-0.05, 0) is 143 Å². The number of hydrogen-bond donors (Lipinski definition) is 9. The number of carboxylic acids is 1. The van der Waals surface area contributed by atoms with Crippen molar-refractivity contribution in [1.29, 1.82) is 0 Å². The second kappa shape index (κ2) is 45.8. The first kappa shape index (κ1) is 102. The number of aromatic carboxylic acids is 1. The zero-order chi connectivity index (χ0) is 93.0. The molecular weight excluding hydrogens is 1590 g/mol. The van der Waals surface area contributed by atoms with Crippen LogP contribution in [-0.4, -0.2) is 286 Å². The first-order valence-electron chi connectivity index (χ1n) is 42.0. The maximum absolute atomic E-state index is 15.6. The number of phenols is 1. The minimum absolute atomic E-state index is 0.00447. The number of likely N-dealkylation sites (N-methyl/N-ethyl adjacent to an activating group) is 7. The maximum atomic E-state index is 15.6. The van der Waals surface area contributed by atoms with Crippen LogP contribution in [0.4, 0.5) is 0 Å². The molecule has 0 bridgehead atoms. The lowest BCUT2D eigenvalue weighted by molar-refractivity contribution is -0.157. The molecule has 13 atom stereocenters. The molecule has 123 heavy (non-hydrogen) atoms. The molecule has 5 rings (SSSR count). The Hall–Kier alpha value is -11.2. The number of nitrogens with zero attached hydrogens (tertiary/aromatic N) is 7. The Bertz CT molecular complexity index is 4540. The van der Waals surface area contributed by atoms with Crippen LogP contribution in [0.1, 0.15) is 177 Å². The number of aliphatic hydroxyl groups excluding tert-OH is 1. The van der Waals surface area contributed by atoms with Gasteiger partial charge in [0.2, 0.25) is 70.9 Å². The Kier molecular flexibility index (Phi) is 38.1. The van der Waals surface area contributed by atoms with Gasteiger partial charge in [-0.3, -0.25) is 71.9 Å². The highest BCUT2D eigenvalue weighted by molar-refractivity contribution is 6.10. The van der Waals surface area contributed by atoms with E-state index in [1.807, 2.05) is 13.8 Å². The molecule has 3 aliphatic rings. The van der Waals surface area contributed by atoms with E-state index in [4.69, 9.17) is 9.15 Å². The van der Waals surface area contributed by atoms with E-state index in [-0.39, 0.29) is 96.0 Å². The van der Waals surface area contributed by atoms with Crippen LogP contribution in [0.25, 0.3) is 33.4 Å². The summed E-state index contributed by atoms with van der Waals surface area (Å²) in [6.07, 6.45) is 2.14. The molecule has 9 N–H and O–H groups in total. The molecule has 0 radical (unpaired) electrons. The van der Waals surface area contributed by atoms with E-state index in [0.29, 0.717) is 16.5 Å². The van der Waals surface area contributed by atoms with E-state index in [2.05, 4.69) is 31.9 Å². The van der Waals surface area contributed by atoms with Crippen LogP contribution < -0.4 is 37.3 Å². The molecule has 2 aromatic carbocycles. The summed E-state index contributed by atoms with van der Waals surface area (Å²) in [6, 6.07) is -4.02. The number of phenolic OH excluding ortho intramolecular Hbond substituents is 1. The fourth-order valence-corrected chi connectivity index (χ4v) is 15.0. The summed E-state index contributed by atoms with van der Waals surface area (Å²) in [7, 11) is 9.37. The highest BCUT2D eigenvalue weighted by atomic mass is 16.5. The molecule has 0 saturated carbocycles. The third-order valence-corrected chi connectivity index (χ3v) is 22.2. The van der Waals surface area contributed by atoms with Crippen LogP contribution in [0.3, 0.4) is 0 Å². The Balaban J connectivity index is 1.60. The third-order valence-electron chi connectivity index (χ3n) is 22.2. The number of ether oxygens (including phenoxy) is 1. The summed E-state index contributed by atoms with van der Waals surface area (Å²) in [5.74, 6) is -16.3. The van der Waals surface area contributed by atoms with E-state index >= 15 is 24.0 Å². The monoisotopic (exact) mass is 1720 g/mol. The zero-order valence-corrected chi connectivity index (χ0v) is 75.7. The number of Topliss-reactive ketones (excluding diaryl/α,β-unsaturated/α-hetero) is 1. The first-order chi connectivity index (χ1) is 57.4. The van der Waals surface area contributed by atoms with Crippen LogP contribution >= 0.6 is 0 Å². The summed E-state index contributed by atoms with van der Waals surface area (Å²) in [4.78, 5) is 240. The van der Waals surface area contributed by atoms with E-state index in [9.17, 15) is 68.1 Å². The fraction of sp³-hybridized carbons (Fsp3) is 0.596. The minimum atomic E-state index is -1.82. The molecule has 34 heteroatoms. The number of aliphatic hydroxyl groups is 1. The highest BCUT2D eigenvalue weighted by Gasteiger charge is 2.47. The number of nitrogens with one attached hydrogen (secondary N) is 6. The Morgan fingerprint density at radius 1 is 0.577 bits per heavy atom. The Labute approximate surface area is 721 Å². The molecule has 1 unspecified atom stereocenters. The highest BCUT2D eigenvalue weighted by Crippen LogP contribution is 2.42. The number of amides is 13. The SMILES string of the molecule is CC=CC[C@@H](C)[C@@H](O)C1C(=O)N[C@@H](CC)C(=O)N(C)CC(=O)N(C)[C@@H](CC(C)C)C(=O)N[C@@H](C(C)C)C(=O)N(C)[C@@H](CC(C)C)C(=O)N[C@@H](C)C(=O)N[C@H](COCC(=O)N[C@@H](CNC(=O)c2ccc(-c3c4ccc(=O)cc-4oc4cc(O)ccc34)c(C(=O)O)c2)C(C)=O)C(=O)N(C)[C@@H](CC(C)C)C(=O)N(C)[C@@H](CC(C)C)C(=O)N(C)[C@@H](C(C)C)C(=O)N1C. The van der Waals surface area contributed by atoms with Crippen molar-refractivity contribution in [3.05, 3.63) is 88.1 Å². The van der Waals surface area contributed by atoms with Crippen LogP contribution in [0.5, 0.6) is 5.75 Å². The average molecular weight is 1720 g/mol. The van der Waals surface area contributed by atoms with E-state index in [0.717, 1.165) is 37.5 Å². The van der Waals surface area contributed by atoms with Crippen LogP contribution in [-0.2, 0) is 67.1 Å². The molecule has 2 heterocycles. The summed E-state index contributed by atoms with van der Waals surface area (Å²) < 4.78 is 11.8. The molecule has 1 fully saturated rings. The van der Waals surface area contributed by atoms with Gasteiger partial charge in [-0.1, -0.05) is 115 Å². The first-order valence-corrected chi connectivity index (χ1v) is 42.0. The number of hydrogen-bond acceptors (Lipinski definition) is 20. The van der Waals surface area contributed by atoms with Gasteiger partial charge in [0.1, 0.15) is 90.2 Å². The van der Waals surface area contributed by atoms with Gasteiger partial charge < -0.3 is 90.7 Å². The number of carbonyl (C=O) groups is 15. The van der Waals surface area contributed by atoms with E-state index in [1.54, 1.807) is 102 Å². The predicted octanol–water partition coefficient (Wildman–Crippen LogP) is 5.05. The number of ketones is 1. The number of aromatic hydroxyl groups is 1. The van der Waals surface area contributed by atoms with Crippen molar-refractivity contribution in [3.63, 3.8) is 0 Å². The van der Waals surface area contributed by atoms with E-state index < -0.39 is 211 Å². The lowest BCUT2D eigenvalue weighted by atomic mass is 9.90. The molecule has 2 aliphatic heterocycles. The molecule has 1 aliphatic carbocycles. The van der Waals surface area contributed by atoms with Crippen molar-refractivity contribution in [2.75, 3.05) is 75.6 Å². The second-order valence-electron chi connectivity index (χ2n) is 34.8. The van der Waals surface area contributed by atoms with E-state index in [1.165, 1.54) is 115 Å². The van der Waals surface area contributed by atoms with Crippen molar-refractivity contribution in [2.45, 2.75) is 229 Å². The quantitative estimate of drug-likeness (QED) is 0.0293. The van der Waals surface area contributed by atoms with Crippen molar-refractivity contribution < 1.29 is 96.4 Å². The maximum Gasteiger partial charge on any atom is 0.336 e. The molecule has 678 valence electrons. The number of allylic oxidation sites excluding steroid dienone is 2. The summed E-state index contributed by atoms with van der Waals surface area (Å²) >= 11 is 0. The van der Waals surface area contributed by atoms with Crippen LogP contribution in [0, 0.1) is 41.4 Å². The van der Waals surface area contributed by atoms with Gasteiger partial charge in [0.05, 0.1) is 24.8 Å². The van der Waals surface area contributed by atoms with Crippen molar-refractivity contribution in [2.24, 2.45) is 41.4 Å². The van der Waals surface area contributed by atoms with Crippen molar-refractivity contribution in [3.8, 4) is 28.2 Å². The number of carboxylic acid groups (broad SMARTS) is 1. The van der Waals surface area contributed by atoms with Gasteiger partial charge in [0, 0.05) is 90.1 Å². The summed E-state index contributed by atoms with van der Waals surface area (Å²) in [6.45, 7) is 25.6. The topological polar surface area (TPSA) is 451 Å². The molecule has 13 amide bonds. The number of carbonyl (C=O) groups excluding carboxylic acids is 14. The molecule has 0 spiro atoms. The lowest BCUT2D eigenvalue weighted by Gasteiger charge is -2.41. The van der Waals surface area contributed by atoms with Gasteiger partial charge in [0.25, 0.3) is 5.91 Å². The van der Waals surface area contributed by atoms with Gasteiger partial charge in [-0.2, -0.15) is 0 Å². The largest absolute Gasteiger partial charge is 0.508 e. The Morgan fingerprint density at radius 3 is 1.65 bits per heavy atom. The van der Waals surface area contributed by atoms with Crippen LogP contribution in [0.2, 0.25) is 0 Å². The van der Waals surface area contributed by atoms with Crippen molar-refractivity contribution in [1.82, 2.24) is 66.2 Å². The third kappa shape index (κ3) is 26.9. The second-order valence-corrected chi connectivity index (χ2v) is 34.8. The predicted molar refractivity (Wildman–Crippen MR) is 462 cm³/mol. The number of rotatable bonds is 26. The van der Waals surface area contributed by atoms with Gasteiger partial charge >= 0.3 is 5.97 Å². The average Bonchev–Trinajstić information content (AvgIpc) is 0.744. The molecule has 34 nitrogen and oxygen atoms in total. The Morgan fingerprint density at radius 2 is 1.11 bits per heavy atom. The lowest BCUT2D eigenvalue weighted by Crippen LogP contribution is -2.63. The molecular formula is C89H131N13O21. The fourth-order valence-electron chi connectivity index (χ4n) is 15.0. The van der Waals surface area contributed by atoms with Gasteiger partial charge in [0.15, 0.2) is 11.2 Å². The van der Waals surface area contributed by atoms with Gasteiger partial charge in [-0.25, -0.2) is 4.79 Å². The molecule has 0 aromatic heterocycles. The smallest absolute Gasteiger partial charge is 0.336 e. The minimum Gasteiger partial charge on any atom is -0.508 e. The van der Waals surface area contributed by atoms with Gasteiger partial charge in [-0.15, -0.1) is 0 Å². The molecule has 2 aromatic rings. The number of fused-ring (bicyclic) bond motifs is 2.